The number of rotatable bonds is 0. The lowest BCUT2D eigenvalue weighted by atomic mass is 10.3. The number of hydrogen-bond donors (Lipinski definition) is 3. The zero-order valence-electron chi connectivity index (χ0n) is 6.11. The van der Waals surface area contributed by atoms with Crippen LogP contribution in [0, 0.1) is 0 Å². The van der Waals surface area contributed by atoms with Gasteiger partial charge in [-0.15, -0.1) is 0 Å². The highest BCUT2D eigenvalue weighted by atomic mass is 16.5. The van der Waals surface area contributed by atoms with Crippen LogP contribution < -0.4 is 17.2 Å². The van der Waals surface area contributed by atoms with Crippen molar-refractivity contribution in [1.29, 1.82) is 0 Å². The predicted octanol–water partition coefficient (Wildman–Crippen LogP) is -0.0306. The lowest BCUT2D eigenvalue weighted by Gasteiger charge is -1.95. The van der Waals surface area contributed by atoms with Crippen LogP contribution in [0.15, 0.2) is 10.6 Å². The number of aromatic nitrogens is 2. The minimum atomic E-state index is 0.231. The third-order valence-electron chi connectivity index (χ3n) is 1.52. The molecule has 6 N–H and O–H groups in total. The van der Waals surface area contributed by atoms with Crippen LogP contribution in [0.1, 0.15) is 0 Å². The number of hydrogen-bond acceptors (Lipinski definition) is 6. The lowest BCUT2D eigenvalue weighted by molar-refractivity contribution is 0.453. The fourth-order valence-corrected chi connectivity index (χ4v) is 1.02. The summed E-state index contributed by atoms with van der Waals surface area (Å²) >= 11 is 0. The van der Waals surface area contributed by atoms with Crippen LogP contribution in [-0.2, 0) is 0 Å². The van der Waals surface area contributed by atoms with E-state index in [-0.39, 0.29) is 17.3 Å². The van der Waals surface area contributed by atoms with Gasteiger partial charge in [0.25, 0.3) is 5.71 Å². The van der Waals surface area contributed by atoms with E-state index in [4.69, 9.17) is 21.7 Å². The van der Waals surface area contributed by atoms with Gasteiger partial charge in [0.1, 0.15) is 11.2 Å². The van der Waals surface area contributed by atoms with Crippen molar-refractivity contribution >= 4 is 28.4 Å². The molecule has 0 aromatic carbocycles. The minimum absolute atomic E-state index is 0.231. The van der Waals surface area contributed by atoms with Gasteiger partial charge in [-0.3, -0.25) is 0 Å². The van der Waals surface area contributed by atoms with Crippen molar-refractivity contribution in [1.82, 2.24) is 10.1 Å². The molecule has 12 heavy (non-hydrogen) atoms. The van der Waals surface area contributed by atoms with Crippen molar-refractivity contribution in [3.05, 3.63) is 6.07 Å². The van der Waals surface area contributed by atoms with Gasteiger partial charge in [-0.2, -0.15) is 4.98 Å². The van der Waals surface area contributed by atoms with Gasteiger partial charge in [-0.25, -0.2) is 0 Å². The number of nitrogen functional groups attached to an aromatic ring is 3. The summed E-state index contributed by atoms with van der Waals surface area (Å²) in [4.78, 5) is 3.85. The van der Waals surface area contributed by atoms with E-state index in [0.29, 0.717) is 11.1 Å². The maximum absolute atomic E-state index is 5.60. The van der Waals surface area contributed by atoms with E-state index in [0.717, 1.165) is 0 Å². The molecule has 0 amide bonds. The number of fused-ring (bicyclic) bond motifs is 1. The average Bonchev–Trinajstić information content (AvgIpc) is 2.31. The summed E-state index contributed by atoms with van der Waals surface area (Å²) in [6.45, 7) is 0. The molecule has 0 spiro atoms. The van der Waals surface area contributed by atoms with E-state index in [9.17, 15) is 0 Å². The average molecular weight is 165 g/mol. The summed E-state index contributed by atoms with van der Waals surface area (Å²) in [6, 6.07) is 1.51. The molecule has 0 saturated heterocycles. The summed E-state index contributed by atoms with van der Waals surface area (Å²) in [5, 5.41) is 4.02. The van der Waals surface area contributed by atoms with Crippen molar-refractivity contribution in [2.24, 2.45) is 0 Å². The molecule has 62 valence electrons. The number of nitrogens with zero attached hydrogens (tertiary/aromatic N) is 2. The van der Waals surface area contributed by atoms with Crippen LogP contribution in [0.2, 0.25) is 0 Å². The van der Waals surface area contributed by atoms with Crippen LogP contribution in [0.4, 0.5) is 17.3 Å². The van der Waals surface area contributed by atoms with Gasteiger partial charge in [0, 0.05) is 6.07 Å². The first-order valence-electron chi connectivity index (χ1n) is 3.25. The van der Waals surface area contributed by atoms with E-state index >= 15 is 0 Å². The molecule has 0 atom stereocenters. The maximum atomic E-state index is 5.60. The molecule has 0 aliphatic carbocycles. The molecule has 0 aliphatic heterocycles. The van der Waals surface area contributed by atoms with E-state index in [2.05, 4.69) is 10.1 Å². The molecule has 6 nitrogen and oxygen atoms in total. The van der Waals surface area contributed by atoms with Crippen LogP contribution in [0.25, 0.3) is 11.1 Å². The van der Waals surface area contributed by atoms with Crippen LogP contribution >= 0.6 is 0 Å². The SMILES string of the molecule is Nc1cc(N)c2c(N)noc2n1. The third kappa shape index (κ3) is 0.746. The normalized spacial score (nSPS) is 10.7. The first-order valence-corrected chi connectivity index (χ1v) is 3.25. The second-order valence-corrected chi connectivity index (χ2v) is 2.38. The molecule has 0 unspecified atom stereocenters. The maximum Gasteiger partial charge on any atom is 0.264 e. The first kappa shape index (κ1) is 6.71. The Morgan fingerprint density at radius 1 is 1.25 bits per heavy atom. The van der Waals surface area contributed by atoms with Gasteiger partial charge in [-0.05, 0) is 0 Å². The molecule has 0 bridgehead atoms. The third-order valence-corrected chi connectivity index (χ3v) is 1.52. The fraction of sp³-hybridized carbons (Fsp3) is 0. The molecule has 2 rings (SSSR count). The largest absolute Gasteiger partial charge is 0.398 e. The smallest absolute Gasteiger partial charge is 0.264 e. The Balaban J connectivity index is 2.93. The predicted molar refractivity (Wildman–Crippen MR) is 45.0 cm³/mol. The Morgan fingerprint density at radius 3 is 2.75 bits per heavy atom. The highest BCUT2D eigenvalue weighted by Gasteiger charge is 2.10. The molecule has 6 heteroatoms. The zero-order valence-corrected chi connectivity index (χ0v) is 6.11. The van der Waals surface area contributed by atoms with Gasteiger partial charge in [0.2, 0.25) is 0 Å². The molecule has 0 aliphatic rings. The Bertz CT molecular complexity index is 435. The summed E-state index contributed by atoms with van der Waals surface area (Å²) in [7, 11) is 0. The summed E-state index contributed by atoms with van der Waals surface area (Å²) in [5.41, 5.74) is 17.2. The monoisotopic (exact) mass is 165 g/mol. The van der Waals surface area contributed by atoms with E-state index in [1.165, 1.54) is 6.07 Å². The van der Waals surface area contributed by atoms with E-state index in [1.807, 2.05) is 0 Å². The molecular formula is C6H7N5O. The molecular weight excluding hydrogens is 158 g/mol. The number of anilines is 3. The minimum Gasteiger partial charge on any atom is -0.398 e. The second-order valence-electron chi connectivity index (χ2n) is 2.38. The van der Waals surface area contributed by atoms with Crippen LogP contribution in [-0.4, -0.2) is 10.1 Å². The lowest BCUT2D eigenvalue weighted by Crippen LogP contribution is -1.95. The Kier molecular flexibility index (Phi) is 1.12. The Labute approximate surface area is 67.3 Å². The van der Waals surface area contributed by atoms with Gasteiger partial charge in [0.15, 0.2) is 5.82 Å². The van der Waals surface area contributed by atoms with Gasteiger partial charge in [-0.1, -0.05) is 5.16 Å². The highest BCUT2D eigenvalue weighted by molar-refractivity contribution is 5.96. The topological polar surface area (TPSA) is 117 Å². The molecule has 0 fully saturated rings. The summed E-state index contributed by atoms with van der Waals surface area (Å²) in [5.74, 6) is 0.520. The molecule has 0 radical (unpaired) electrons. The molecule has 2 aromatic rings. The van der Waals surface area contributed by atoms with Crippen molar-refractivity contribution in [3.63, 3.8) is 0 Å². The standard InChI is InChI=1S/C6H7N5O/c7-2-1-3(8)10-6-4(2)5(9)11-12-6/h1H,(H2,9,11)(H4,7,8,10). The van der Waals surface area contributed by atoms with Gasteiger partial charge >= 0.3 is 0 Å². The Hall–Kier alpha value is -1.98. The number of nitrogens with two attached hydrogens (primary N) is 3. The second kappa shape index (κ2) is 2.00. The van der Waals surface area contributed by atoms with Crippen LogP contribution in [0.3, 0.4) is 0 Å². The molecule has 2 heterocycles. The van der Waals surface area contributed by atoms with Crippen molar-refractivity contribution in [2.75, 3.05) is 17.2 Å². The first-order chi connectivity index (χ1) is 5.68. The van der Waals surface area contributed by atoms with Gasteiger partial charge in [0.05, 0.1) is 5.69 Å². The van der Waals surface area contributed by atoms with Crippen molar-refractivity contribution in [2.45, 2.75) is 0 Å². The zero-order chi connectivity index (χ0) is 8.72. The van der Waals surface area contributed by atoms with Crippen molar-refractivity contribution < 1.29 is 4.52 Å². The molecule has 2 aromatic heterocycles. The summed E-state index contributed by atoms with van der Waals surface area (Å²) < 4.78 is 4.76. The fourth-order valence-electron chi connectivity index (χ4n) is 1.02. The highest BCUT2D eigenvalue weighted by Crippen LogP contribution is 2.26. The quantitative estimate of drug-likeness (QED) is 0.504. The van der Waals surface area contributed by atoms with Crippen molar-refractivity contribution in [3.8, 4) is 0 Å². The van der Waals surface area contributed by atoms with E-state index in [1.54, 1.807) is 0 Å². The van der Waals surface area contributed by atoms with E-state index < -0.39 is 0 Å². The Morgan fingerprint density at radius 2 is 2.00 bits per heavy atom. The molecule has 0 saturated carbocycles. The number of pyridine rings is 1. The van der Waals surface area contributed by atoms with Crippen LogP contribution in [0.5, 0.6) is 0 Å². The summed E-state index contributed by atoms with van der Waals surface area (Å²) in [6.07, 6.45) is 0. The van der Waals surface area contributed by atoms with Gasteiger partial charge < -0.3 is 21.7 Å².